The lowest BCUT2D eigenvalue weighted by Crippen LogP contribution is -2.10. The summed E-state index contributed by atoms with van der Waals surface area (Å²) in [6, 6.07) is 0.405. The van der Waals surface area contributed by atoms with Crippen LogP contribution in [0.25, 0.3) is 0 Å². The fourth-order valence-electron chi connectivity index (χ4n) is 2.12. The third-order valence-corrected chi connectivity index (χ3v) is 3.14. The van der Waals surface area contributed by atoms with Crippen molar-refractivity contribution in [3.63, 3.8) is 0 Å². The topological polar surface area (TPSA) is 39.9 Å². The lowest BCUT2D eigenvalue weighted by atomic mass is 10.2. The van der Waals surface area contributed by atoms with E-state index >= 15 is 0 Å². The largest absolute Gasteiger partial charge is 0.381 e. The molecule has 0 radical (unpaired) electrons. The SMILES string of the molecule is COC1CCC(n2c(C)nnc2Cl)C1. The summed E-state index contributed by atoms with van der Waals surface area (Å²) in [5.41, 5.74) is 0. The van der Waals surface area contributed by atoms with Crippen LogP contribution in [-0.2, 0) is 4.74 Å². The minimum Gasteiger partial charge on any atom is -0.381 e. The minimum atomic E-state index is 0.359. The van der Waals surface area contributed by atoms with E-state index in [0.717, 1.165) is 25.1 Å². The smallest absolute Gasteiger partial charge is 0.225 e. The van der Waals surface area contributed by atoms with Crippen molar-refractivity contribution in [1.82, 2.24) is 14.8 Å². The average molecular weight is 216 g/mol. The van der Waals surface area contributed by atoms with Crippen molar-refractivity contribution in [2.45, 2.75) is 38.3 Å². The molecule has 1 aliphatic rings. The highest BCUT2D eigenvalue weighted by Gasteiger charge is 2.28. The third kappa shape index (κ3) is 1.64. The molecular formula is C9H14ClN3O. The van der Waals surface area contributed by atoms with Crippen LogP contribution in [0.1, 0.15) is 31.1 Å². The van der Waals surface area contributed by atoms with Crippen LogP contribution in [0.3, 0.4) is 0 Å². The van der Waals surface area contributed by atoms with E-state index in [4.69, 9.17) is 16.3 Å². The molecule has 1 saturated carbocycles. The summed E-state index contributed by atoms with van der Waals surface area (Å²) in [6.45, 7) is 1.93. The minimum absolute atomic E-state index is 0.359. The zero-order valence-electron chi connectivity index (χ0n) is 8.40. The maximum atomic E-state index is 5.96. The average Bonchev–Trinajstić information content (AvgIpc) is 2.73. The van der Waals surface area contributed by atoms with Crippen LogP contribution in [0.5, 0.6) is 0 Å². The standard InChI is InChI=1S/C9H14ClN3O/c1-6-11-12-9(10)13(6)7-3-4-8(5-7)14-2/h7-8H,3-5H2,1-2H3. The van der Waals surface area contributed by atoms with Crippen molar-refractivity contribution in [3.8, 4) is 0 Å². The van der Waals surface area contributed by atoms with Gasteiger partial charge in [-0.1, -0.05) is 0 Å². The molecule has 4 nitrogen and oxygen atoms in total. The first kappa shape index (κ1) is 9.93. The number of ether oxygens (including phenoxy) is 1. The molecule has 78 valence electrons. The van der Waals surface area contributed by atoms with Gasteiger partial charge in [0.1, 0.15) is 5.82 Å². The van der Waals surface area contributed by atoms with E-state index in [1.165, 1.54) is 0 Å². The molecule has 1 fully saturated rings. The predicted molar refractivity (Wildman–Crippen MR) is 53.5 cm³/mol. The second-order valence-corrected chi connectivity index (χ2v) is 4.05. The van der Waals surface area contributed by atoms with Gasteiger partial charge in [0, 0.05) is 13.2 Å². The van der Waals surface area contributed by atoms with E-state index in [9.17, 15) is 0 Å². The van der Waals surface area contributed by atoms with Gasteiger partial charge in [-0.15, -0.1) is 10.2 Å². The summed E-state index contributed by atoms with van der Waals surface area (Å²) in [7, 11) is 1.76. The van der Waals surface area contributed by atoms with Gasteiger partial charge in [0.15, 0.2) is 0 Å². The summed E-state index contributed by atoms with van der Waals surface area (Å²) in [5.74, 6) is 0.886. The molecule has 2 unspecified atom stereocenters. The van der Waals surface area contributed by atoms with Gasteiger partial charge in [0.25, 0.3) is 0 Å². The Morgan fingerprint density at radius 1 is 1.43 bits per heavy atom. The Hall–Kier alpha value is -0.610. The summed E-state index contributed by atoms with van der Waals surface area (Å²) in [6.07, 6.45) is 3.55. The van der Waals surface area contributed by atoms with Gasteiger partial charge < -0.3 is 4.74 Å². The Kier molecular flexibility index (Phi) is 2.74. The van der Waals surface area contributed by atoms with E-state index in [1.54, 1.807) is 7.11 Å². The zero-order chi connectivity index (χ0) is 10.1. The summed E-state index contributed by atoms with van der Waals surface area (Å²) in [5, 5.41) is 8.29. The predicted octanol–water partition coefficient (Wildman–Crippen LogP) is 1.98. The monoisotopic (exact) mass is 215 g/mol. The molecule has 0 N–H and O–H groups in total. The zero-order valence-corrected chi connectivity index (χ0v) is 9.16. The number of rotatable bonds is 2. The molecule has 0 aliphatic heterocycles. The van der Waals surface area contributed by atoms with E-state index in [-0.39, 0.29) is 0 Å². The molecule has 2 atom stereocenters. The highest BCUT2D eigenvalue weighted by Crippen LogP contribution is 2.33. The van der Waals surface area contributed by atoms with Crippen molar-refractivity contribution in [2.24, 2.45) is 0 Å². The van der Waals surface area contributed by atoms with Gasteiger partial charge in [-0.2, -0.15) is 0 Å². The second-order valence-electron chi connectivity index (χ2n) is 3.71. The molecule has 0 saturated heterocycles. The number of methoxy groups -OCH3 is 1. The number of hydrogen-bond donors (Lipinski definition) is 0. The lowest BCUT2D eigenvalue weighted by Gasteiger charge is -2.13. The van der Waals surface area contributed by atoms with Crippen LogP contribution < -0.4 is 0 Å². The Balaban J connectivity index is 2.17. The molecule has 1 aliphatic carbocycles. The van der Waals surface area contributed by atoms with Crippen LogP contribution in [-0.4, -0.2) is 28.0 Å². The van der Waals surface area contributed by atoms with Crippen LogP contribution in [0.2, 0.25) is 5.28 Å². The number of aromatic nitrogens is 3. The van der Waals surface area contributed by atoms with Gasteiger partial charge in [-0.3, -0.25) is 4.57 Å². The van der Waals surface area contributed by atoms with Crippen LogP contribution in [0, 0.1) is 6.92 Å². The van der Waals surface area contributed by atoms with E-state index < -0.39 is 0 Å². The Morgan fingerprint density at radius 3 is 2.71 bits per heavy atom. The molecule has 1 aromatic heterocycles. The molecule has 14 heavy (non-hydrogen) atoms. The fourth-order valence-corrected chi connectivity index (χ4v) is 2.42. The number of hydrogen-bond acceptors (Lipinski definition) is 3. The quantitative estimate of drug-likeness (QED) is 0.758. The summed E-state index contributed by atoms with van der Waals surface area (Å²) < 4.78 is 7.32. The Labute approximate surface area is 88.2 Å². The molecule has 5 heteroatoms. The summed E-state index contributed by atoms with van der Waals surface area (Å²) >= 11 is 5.96. The third-order valence-electron chi connectivity index (χ3n) is 2.88. The first-order chi connectivity index (χ1) is 6.72. The molecule has 2 rings (SSSR count). The van der Waals surface area contributed by atoms with Crippen molar-refractivity contribution in [3.05, 3.63) is 11.1 Å². The van der Waals surface area contributed by atoms with Crippen LogP contribution in [0.15, 0.2) is 0 Å². The second kappa shape index (κ2) is 3.87. The Morgan fingerprint density at radius 2 is 2.21 bits per heavy atom. The number of nitrogens with zero attached hydrogens (tertiary/aromatic N) is 3. The number of halogens is 1. The molecule has 1 heterocycles. The first-order valence-corrected chi connectivity index (χ1v) is 5.20. The lowest BCUT2D eigenvalue weighted by molar-refractivity contribution is 0.106. The van der Waals surface area contributed by atoms with Crippen molar-refractivity contribution in [1.29, 1.82) is 0 Å². The van der Waals surface area contributed by atoms with Gasteiger partial charge in [-0.25, -0.2) is 0 Å². The van der Waals surface area contributed by atoms with E-state index in [0.29, 0.717) is 17.4 Å². The van der Waals surface area contributed by atoms with Crippen molar-refractivity contribution < 1.29 is 4.74 Å². The maximum absolute atomic E-state index is 5.96. The number of aryl methyl sites for hydroxylation is 1. The first-order valence-electron chi connectivity index (χ1n) is 4.82. The van der Waals surface area contributed by atoms with Gasteiger partial charge in [-0.05, 0) is 37.8 Å². The maximum Gasteiger partial charge on any atom is 0.225 e. The van der Waals surface area contributed by atoms with Crippen LogP contribution in [0.4, 0.5) is 0 Å². The molecule has 0 bridgehead atoms. The van der Waals surface area contributed by atoms with Gasteiger partial charge in [0.2, 0.25) is 5.28 Å². The van der Waals surface area contributed by atoms with Crippen molar-refractivity contribution >= 4 is 11.6 Å². The molecular weight excluding hydrogens is 202 g/mol. The normalized spacial score (nSPS) is 27.1. The van der Waals surface area contributed by atoms with Crippen LogP contribution >= 0.6 is 11.6 Å². The van der Waals surface area contributed by atoms with Gasteiger partial charge in [0.05, 0.1) is 6.10 Å². The van der Waals surface area contributed by atoms with Crippen molar-refractivity contribution in [2.75, 3.05) is 7.11 Å². The van der Waals surface area contributed by atoms with E-state index in [2.05, 4.69) is 10.2 Å². The fraction of sp³-hybridized carbons (Fsp3) is 0.778. The van der Waals surface area contributed by atoms with Gasteiger partial charge >= 0.3 is 0 Å². The molecule has 0 amide bonds. The highest BCUT2D eigenvalue weighted by atomic mass is 35.5. The molecule has 0 spiro atoms. The molecule has 1 aromatic rings. The molecule has 0 aromatic carbocycles. The Bertz CT molecular complexity index is 306. The summed E-state index contributed by atoms with van der Waals surface area (Å²) in [4.78, 5) is 0. The van der Waals surface area contributed by atoms with E-state index in [1.807, 2.05) is 11.5 Å². The highest BCUT2D eigenvalue weighted by molar-refractivity contribution is 6.28.